The molecule has 2 aromatic rings. The summed E-state index contributed by atoms with van der Waals surface area (Å²) < 4.78 is 21.0. The minimum absolute atomic E-state index is 0.323. The van der Waals surface area contributed by atoms with Crippen LogP contribution in [0.4, 0.5) is 10.7 Å². The van der Waals surface area contributed by atoms with Crippen molar-refractivity contribution in [3.05, 3.63) is 28.1 Å². The molecular weight excluding hydrogens is 400 g/mol. The van der Waals surface area contributed by atoms with Crippen LogP contribution in [0, 0.1) is 6.92 Å². The van der Waals surface area contributed by atoms with Crippen molar-refractivity contribution < 1.29 is 23.7 Å². The van der Waals surface area contributed by atoms with Gasteiger partial charge < -0.3 is 29.6 Å². The third-order valence-corrected chi connectivity index (χ3v) is 5.37. The lowest BCUT2D eigenvalue weighted by molar-refractivity contribution is 0.0601. The molecule has 1 aromatic heterocycles. The van der Waals surface area contributed by atoms with E-state index in [1.165, 1.54) is 18.4 Å². The third-order valence-electron chi connectivity index (χ3n) is 4.10. The highest BCUT2D eigenvalue weighted by Gasteiger charge is 2.22. The number of aryl methyl sites for hydroxylation is 1. The molecule has 0 aliphatic rings. The van der Waals surface area contributed by atoms with E-state index in [9.17, 15) is 4.79 Å². The van der Waals surface area contributed by atoms with Crippen LogP contribution in [0.25, 0.3) is 0 Å². The van der Waals surface area contributed by atoms with E-state index in [2.05, 4.69) is 10.6 Å². The molecule has 2 rings (SSSR count). The number of hydrogen-bond acceptors (Lipinski definition) is 7. The lowest BCUT2D eigenvalue weighted by Crippen LogP contribution is -2.20. The predicted molar refractivity (Wildman–Crippen MR) is 116 cm³/mol. The Kier molecular flexibility index (Phi) is 7.47. The summed E-state index contributed by atoms with van der Waals surface area (Å²) in [6, 6.07) is 3.49. The maximum atomic E-state index is 12.2. The maximum absolute atomic E-state index is 12.2. The Labute approximate surface area is 173 Å². The third kappa shape index (κ3) is 4.48. The van der Waals surface area contributed by atoms with Gasteiger partial charge in [0.15, 0.2) is 16.6 Å². The number of ether oxygens (including phenoxy) is 4. The summed E-state index contributed by atoms with van der Waals surface area (Å²) in [6.45, 7) is 3.97. The number of thiophene rings is 1. The van der Waals surface area contributed by atoms with Gasteiger partial charge in [-0.1, -0.05) is 6.92 Å². The van der Waals surface area contributed by atoms with Crippen LogP contribution < -0.4 is 24.8 Å². The zero-order chi connectivity index (χ0) is 20.8. The minimum atomic E-state index is -0.390. The molecule has 28 heavy (non-hydrogen) atoms. The first-order valence-electron chi connectivity index (χ1n) is 8.48. The van der Waals surface area contributed by atoms with E-state index in [0.717, 1.165) is 16.9 Å². The molecule has 0 aliphatic heterocycles. The standard InChI is InChI=1S/C19H24N2O5S2/c1-7-12-10(2)28-17(15(12)18(22)26-6)21-19(27)20-11-8-13(23-3)16(25-5)14(9-11)24-4/h8-9H,7H2,1-6H3,(H2,20,21,27). The van der Waals surface area contributed by atoms with Gasteiger partial charge in [-0.05, 0) is 31.1 Å². The zero-order valence-electron chi connectivity index (χ0n) is 16.7. The summed E-state index contributed by atoms with van der Waals surface area (Å²) in [5.41, 5.74) is 2.12. The fourth-order valence-corrected chi connectivity index (χ4v) is 4.25. The minimum Gasteiger partial charge on any atom is -0.493 e. The molecule has 0 saturated carbocycles. The van der Waals surface area contributed by atoms with Crippen LogP contribution in [0.5, 0.6) is 17.2 Å². The molecule has 1 heterocycles. The van der Waals surface area contributed by atoms with Crippen molar-refractivity contribution in [3.8, 4) is 17.2 Å². The maximum Gasteiger partial charge on any atom is 0.341 e. The van der Waals surface area contributed by atoms with E-state index in [1.807, 2.05) is 13.8 Å². The van der Waals surface area contributed by atoms with Crippen LogP contribution in [0.15, 0.2) is 12.1 Å². The van der Waals surface area contributed by atoms with Crippen molar-refractivity contribution in [2.24, 2.45) is 0 Å². The largest absolute Gasteiger partial charge is 0.493 e. The second-order valence-corrected chi connectivity index (χ2v) is 7.31. The van der Waals surface area contributed by atoms with Gasteiger partial charge in [0, 0.05) is 22.7 Å². The van der Waals surface area contributed by atoms with Gasteiger partial charge in [-0.15, -0.1) is 11.3 Å². The Morgan fingerprint density at radius 1 is 1.07 bits per heavy atom. The molecule has 0 radical (unpaired) electrons. The van der Waals surface area contributed by atoms with Crippen molar-refractivity contribution >= 4 is 45.3 Å². The number of anilines is 2. The van der Waals surface area contributed by atoms with Crippen molar-refractivity contribution in [3.63, 3.8) is 0 Å². The van der Waals surface area contributed by atoms with E-state index in [0.29, 0.717) is 38.6 Å². The van der Waals surface area contributed by atoms with Crippen molar-refractivity contribution in [1.29, 1.82) is 0 Å². The highest BCUT2D eigenvalue weighted by molar-refractivity contribution is 7.80. The van der Waals surface area contributed by atoms with Gasteiger partial charge >= 0.3 is 5.97 Å². The first-order valence-corrected chi connectivity index (χ1v) is 9.71. The molecule has 0 fully saturated rings. The van der Waals surface area contributed by atoms with Gasteiger partial charge in [0.05, 0.1) is 34.0 Å². The molecular formula is C19H24N2O5S2. The fraction of sp³-hybridized carbons (Fsp3) is 0.368. The molecule has 9 heteroatoms. The molecule has 7 nitrogen and oxygen atoms in total. The molecule has 1 aromatic carbocycles. The SMILES string of the molecule is CCc1c(C)sc(NC(=S)Nc2cc(OC)c(OC)c(OC)c2)c1C(=O)OC. The molecule has 0 amide bonds. The summed E-state index contributed by atoms with van der Waals surface area (Å²) in [6.07, 6.45) is 0.724. The van der Waals surface area contributed by atoms with Crippen LogP contribution >= 0.6 is 23.6 Å². The molecule has 0 spiro atoms. The molecule has 0 aliphatic carbocycles. The number of carbonyl (C=O) groups is 1. The number of esters is 1. The van der Waals surface area contributed by atoms with E-state index in [1.54, 1.807) is 33.5 Å². The van der Waals surface area contributed by atoms with Crippen LogP contribution in [-0.2, 0) is 11.2 Å². The summed E-state index contributed by atoms with van der Waals surface area (Å²) in [4.78, 5) is 13.3. The van der Waals surface area contributed by atoms with Gasteiger partial charge in [-0.2, -0.15) is 0 Å². The number of hydrogen-bond donors (Lipinski definition) is 2. The van der Waals surface area contributed by atoms with E-state index in [4.69, 9.17) is 31.2 Å². The molecule has 0 atom stereocenters. The lowest BCUT2D eigenvalue weighted by Gasteiger charge is -2.16. The normalized spacial score (nSPS) is 10.2. The lowest BCUT2D eigenvalue weighted by atomic mass is 10.1. The smallest absolute Gasteiger partial charge is 0.341 e. The Morgan fingerprint density at radius 3 is 2.14 bits per heavy atom. The van der Waals surface area contributed by atoms with Gasteiger partial charge in [-0.3, -0.25) is 0 Å². The number of carbonyl (C=O) groups excluding carboxylic acids is 1. The quantitative estimate of drug-likeness (QED) is 0.505. The summed E-state index contributed by atoms with van der Waals surface area (Å²) in [5.74, 6) is 1.11. The number of nitrogens with one attached hydrogen (secondary N) is 2. The average molecular weight is 425 g/mol. The summed E-state index contributed by atoms with van der Waals surface area (Å²) in [7, 11) is 5.99. The monoisotopic (exact) mass is 424 g/mol. The fourth-order valence-electron chi connectivity index (χ4n) is 2.83. The average Bonchev–Trinajstić information content (AvgIpc) is 3.00. The number of methoxy groups -OCH3 is 4. The van der Waals surface area contributed by atoms with Crippen molar-refractivity contribution in [2.45, 2.75) is 20.3 Å². The second-order valence-electron chi connectivity index (χ2n) is 5.68. The Balaban J connectivity index is 2.29. The summed E-state index contributed by atoms with van der Waals surface area (Å²) in [5, 5.41) is 7.15. The highest BCUT2D eigenvalue weighted by atomic mass is 32.1. The molecule has 0 bridgehead atoms. The Hall–Kier alpha value is -2.52. The van der Waals surface area contributed by atoms with Gasteiger partial charge in [0.2, 0.25) is 5.75 Å². The van der Waals surface area contributed by atoms with Crippen LogP contribution in [0.1, 0.15) is 27.7 Å². The molecule has 2 N–H and O–H groups in total. The Morgan fingerprint density at radius 2 is 1.68 bits per heavy atom. The van der Waals surface area contributed by atoms with E-state index >= 15 is 0 Å². The number of benzene rings is 1. The second kappa shape index (κ2) is 9.61. The zero-order valence-corrected chi connectivity index (χ0v) is 18.4. The van der Waals surface area contributed by atoms with Crippen molar-refractivity contribution in [1.82, 2.24) is 0 Å². The van der Waals surface area contributed by atoms with Gasteiger partial charge in [0.25, 0.3) is 0 Å². The van der Waals surface area contributed by atoms with Crippen LogP contribution in [-0.4, -0.2) is 39.5 Å². The van der Waals surface area contributed by atoms with E-state index < -0.39 is 0 Å². The van der Waals surface area contributed by atoms with Gasteiger partial charge in [-0.25, -0.2) is 4.79 Å². The predicted octanol–water partition coefficient (Wildman–Crippen LogP) is 4.24. The van der Waals surface area contributed by atoms with Crippen LogP contribution in [0.2, 0.25) is 0 Å². The van der Waals surface area contributed by atoms with Crippen molar-refractivity contribution in [2.75, 3.05) is 39.1 Å². The number of rotatable bonds is 7. The van der Waals surface area contributed by atoms with Gasteiger partial charge in [0.1, 0.15) is 5.00 Å². The molecule has 0 unspecified atom stereocenters. The van der Waals surface area contributed by atoms with Crippen LogP contribution in [0.3, 0.4) is 0 Å². The highest BCUT2D eigenvalue weighted by Crippen LogP contribution is 2.40. The Bertz CT molecular complexity index is 854. The molecule has 0 saturated heterocycles. The number of thiocarbonyl (C=S) groups is 1. The topological polar surface area (TPSA) is 78.0 Å². The van der Waals surface area contributed by atoms with E-state index in [-0.39, 0.29) is 5.97 Å². The molecule has 152 valence electrons. The first kappa shape index (κ1) is 21.8. The first-order chi connectivity index (χ1) is 13.4. The summed E-state index contributed by atoms with van der Waals surface area (Å²) >= 11 is 6.89.